The molecular formula is C20H11Br5F2. The molecule has 0 fully saturated rings. The van der Waals surface area contributed by atoms with Gasteiger partial charge in [-0.1, -0.05) is 79.6 Å². The minimum Gasteiger partial charge on any atom is -0.207 e. The van der Waals surface area contributed by atoms with Gasteiger partial charge in [-0.2, -0.15) is 0 Å². The Hall–Kier alpha value is -0.0800. The van der Waals surface area contributed by atoms with Gasteiger partial charge in [0.25, 0.3) is 0 Å². The van der Waals surface area contributed by atoms with Crippen molar-refractivity contribution in [2.45, 2.75) is 12.8 Å². The molecule has 140 valence electrons. The van der Waals surface area contributed by atoms with Gasteiger partial charge in [-0.15, -0.1) is 0 Å². The standard InChI is InChI=1S/C20H11Br5F2/c21-16-3-1-12(26)5-10(16)7-14-18(23)9-19(24)15(20(14)25)8-11-6-13(27)2-4-17(11)22/h1-6,9H,7-8H2. The molecule has 0 aliphatic rings. The average Bonchev–Trinajstić information content (AvgIpc) is 2.61. The lowest BCUT2D eigenvalue weighted by atomic mass is 9.99. The summed E-state index contributed by atoms with van der Waals surface area (Å²) in [6.07, 6.45) is 1.06. The van der Waals surface area contributed by atoms with Crippen molar-refractivity contribution in [3.8, 4) is 0 Å². The molecule has 0 aromatic heterocycles. The van der Waals surface area contributed by atoms with Gasteiger partial charge in [0.2, 0.25) is 0 Å². The summed E-state index contributed by atoms with van der Waals surface area (Å²) in [5, 5.41) is 0. The Balaban J connectivity index is 2.05. The van der Waals surface area contributed by atoms with Crippen LogP contribution in [0.25, 0.3) is 0 Å². The predicted octanol–water partition coefficient (Wildman–Crippen LogP) is 8.96. The van der Waals surface area contributed by atoms with Crippen LogP contribution in [0.2, 0.25) is 0 Å². The number of halogens is 7. The topological polar surface area (TPSA) is 0 Å². The van der Waals surface area contributed by atoms with Crippen molar-refractivity contribution in [2.24, 2.45) is 0 Å². The van der Waals surface area contributed by atoms with Crippen LogP contribution in [-0.4, -0.2) is 0 Å². The van der Waals surface area contributed by atoms with Crippen molar-refractivity contribution in [1.82, 2.24) is 0 Å². The molecule has 0 saturated carbocycles. The maximum absolute atomic E-state index is 13.7. The first kappa shape index (κ1) is 21.6. The van der Waals surface area contributed by atoms with Crippen LogP contribution >= 0.6 is 79.6 Å². The Morgan fingerprint density at radius 3 is 1.37 bits per heavy atom. The van der Waals surface area contributed by atoms with E-state index in [1.54, 1.807) is 12.1 Å². The predicted molar refractivity (Wildman–Crippen MR) is 123 cm³/mol. The van der Waals surface area contributed by atoms with E-state index in [4.69, 9.17) is 0 Å². The van der Waals surface area contributed by atoms with Crippen molar-refractivity contribution < 1.29 is 8.78 Å². The van der Waals surface area contributed by atoms with Crippen LogP contribution in [0.15, 0.2) is 64.8 Å². The van der Waals surface area contributed by atoms with Gasteiger partial charge in [-0.25, -0.2) is 8.78 Å². The van der Waals surface area contributed by atoms with Crippen LogP contribution in [0.3, 0.4) is 0 Å². The fourth-order valence-corrected chi connectivity index (χ4v) is 6.19. The minimum absolute atomic E-state index is 0.276. The van der Waals surface area contributed by atoms with E-state index in [1.165, 1.54) is 24.3 Å². The smallest absolute Gasteiger partial charge is 0.123 e. The number of rotatable bonds is 4. The van der Waals surface area contributed by atoms with Crippen LogP contribution < -0.4 is 0 Å². The second kappa shape index (κ2) is 9.16. The lowest BCUT2D eigenvalue weighted by Gasteiger charge is -2.16. The first-order chi connectivity index (χ1) is 12.8. The largest absolute Gasteiger partial charge is 0.207 e. The van der Waals surface area contributed by atoms with E-state index in [2.05, 4.69) is 79.6 Å². The summed E-state index contributed by atoms with van der Waals surface area (Å²) in [5.74, 6) is -0.553. The van der Waals surface area contributed by atoms with Gasteiger partial charge in [-0.3, -0.25) is 0 Å². The SMILES string of the molecule is Fc1ccc(Br)c(Cc2c(Br)cc(Br)c(Cc3cc(F)ccc3Br)c2Br)c1. The summed E-state index contributed by atoms with van der Waals surface area (Å²) < 4.78 is 31.7. The van der Waals surface area contributed by atoms with E-state index in [0.29, 0.717) is 12.8 Å². The zero-order chi connectivity index (χ0) is 19.7. The van der Waals surface area contributed by atoms with Gasteiger partial charge in [0.1, 0.15) is 11.6 Å². The lowest BCUT2D eigenvalue weighted by Crippen LogP contribution is -2.00. The molecule has 0 nitrogen and oxygen atoms in total. The molecule has 0 aliphatic heterocycles. The second-order valence-electron chi connectivity index (χ2n) is 5.94. The summed E-state index contributed by atoms with van der Waals surface area (Å²) in [7, 11) is 0. The molecule has 0 saturated heterocycles. The van der Waals surface area contributed by atoms with Crippen molar-refractivity contribution in [3.63, 3.8) is 0 Å². The fourth-order valence-electron chi connectivity index (χ4n) is 2.74. The van der Waals surface area contributed by atoms with Crippen molar-refractivity contribution in [3.05, 3.63) is 98.7 Å². The monoisotopic (exact) mass is 684 g/mol. The summed E-state index contributed by atoms with van der Waals surface area (Å²) in [6.45, 7) is 0. The normalized spacial score (nSPS) is 11.1. The zero-order valence-corrected chi connectivity index (χ0v) is 21.5. The zero-order valence-electron chi connectivity index (χ0n) is 13.6. The van der Waals surface area contributed by atoms with Gasteiger partial charge < -0.3 is 0 Å². The third-order valence-corrected chi connectivity index (χ3v) is 8.03. The molecule has 0 spiro atoms. The Morgan fingerprint density at radius 1 is 0.556 bits per heavy atom. The molecule has 3 aromatic carbocycles. The maximum Gasteiger partial charge on any atom is 0.123 e. The number of hydrogen-bond acceptors (Lipinski definition) is 0. The van der Waals surface area contributed by atoms with Crippen LogP contribution in [0.4, 0.5) is 8.78 Å². The lowest BCUT2D eigenvalue weighted by molar-refractivity contribution is 0.625. The molecular weight excluding hydrogens is 678 g/mol. The van der Waals surface area contributed by atoms with Gasteiger partial charge in [-0.05, 0) is 64.7 Å². The highest BCUT2D eigenvalue weighted by atomic mass is 79.9. The molecule has 0 radical (unpaired) electrons. The Labute approximate surface area is 198 Å². The fraction of sp³-hybridized carbons (Fsp3) is 0.100. The van der Waals surface area contributed by atoms with Gasteiger partial charge >= 0.3 is 0 Å². The minimum atomic E-state index is -0.276. The average molecular weight is 689 g/mol. The number of benzene rings is 3. The molecule has 0 amide bonds. The molecule has 0 atom stereocenters. The first-order valence-corrected chi connectivity index (χ1v) is 11.8. The highest BCUT2D eigenvalue weighted by Gasteiger charge is 2.17. The third-order valence-electron chi connectivity index (χ3n) is 4.11. The molecule has 0 N–H and O–H groups in total. The number of hydrogen-bond donors (Lipinski definition) is 0. The summed E-state index contributed by atoms with van der Waals surface area (Å²) >= 11 is 17.9. The van der Waals surface area contributed by atoms with E-state index >= 15 is 0 Å². The molecule has 3 rings (SSSR count). The third kappa shape index (κ3) is 5.10. The first-order valence-electron chi connectivity index (χ1n) is 7.79. The molecule has 0 unspecified atom stereocenters. The summed E-state index contributed by atoms with van der Waals surface area (Å²) in [5.41, 5.74) is 3.67. The van der Waals surface area contributed by atoms with E-state index < -0.39 is 0 Å². The maximum atomic E-state index is 13.7. The molecule has 0 bridgehead atoms. The van der Waals surface area contributed by atoms with Crippen molar-refractivity contribution in [2.75, 3.05) is 0 Å². The van der Waals surface area contributed by atoms with Crippen molar-refractivity contribution >= 4 is 79.6 Å². The molecule has 0 heterocycles. The molecule has 27 heavy (non-hydrogen) atoms. The van der Waals surface area contributed by atoms with Crippen LogP contribution in [0.1, 0.15) is 22.3 Å². The second-order valence-corrected chi connectivity index (χ2v) is 10.1. The van der Waals surface area contributed by atoms with Gasteiger partial charge in [0.15, 0.2) is 0 Å². The van der Waals surface area contributed by atoms with E-state index in [1.807, 2.05) is 6.07 Å². The highest BCUT2D eigenvalue weighted by molar-refractivity contribution is 9.12. The van der Waals surface area contributed by atoms with E-state index in [-0.39, 0.29) is 11.6 Å². The summed E-state index contributed by atoms with van der Waals surface area (Å²) in [6, 6.07) is 11.3. The van der Waals surface area contributed by atoms with Gasteiger partial charge in [0.05, 0.1) is 0 Å². The Morgan fingerprint density at radius 2 is 0.963 bits per heavy atom. The molecule has 3 aromatic rings. The Bertz CT molecular complexity index is 940. The Kier molecular flexibility index (Phi) is 7.34. The van der Waals surface area contributed by atoms with Crippen LogP contribution in [0.5, 0.6) is 0 Å². The van der Waals surface area contributed by atoms with Crippen LogP contribution in [0, 0.1) is 11.6 Å². The molecule has 7 heteroatoms. The van der Waals surface area contributed by atoms with E-state index in [0.717, 1.165) is 44.6 Å². The van der Waals surface area contributed by atoms with Crippen molar-refractivity contribution in [1.29, 1.82) is 0 Å². The van der Waals surface area contributed by atoms with Gasteiger partial charge in [0, 0.05) is 35.2 Å². The summed E-state index contributed by atoms with van der Waals surface area (Å²) in [4.78, 5) is 0. The van der Waals surface area contributed by atoms with E-state index in [9.17, 15) is 8.78 Å². The highest BCUT2D eigenvalue weighted by Crippen LogP contribution is 2.38. The molecule has 0 aliphatic carbocycles. The quantitative estimate of drug-likeness (QED) is 0.257. The van der Waals surface area contributed by atoms with Crippen LogP contribution in [-0.2, 0) is 12.8 Å².